The van der Waals surface area contributed by atoms with E-state index in [9.17, 15) is 0 Å². The van der Waals surface area contributed by atoms with E-state index >= 15 is 0 Å². The van der Waals surface area contributed by atoms with Crippen LogP contribution in [0, 0.1) is 81.4 Å². The van der Waals surface area contributed by atoms with Gasteiger partial charge in [-0.3, -0.25) is 0 Å². The summed E-state index contributed by atoms with van der Waals surface area (Å²) < 4.78 is 2.18. The zero-order valence-electron chi connectivity index (χ0n) is 39.3. The van der Waals surface area contributed by atoms with Crippen molar-refractivity contribution in [1.82, 2.24) is 0 Å². The molecule has 7 aromatic carbocycles. The minimum atomic E-state index is -1.50. The number of hydrogen-bond acceptors (Lipinski definition) is 5. The monoisotopic (exact) mass is 1050 g/mol. The highest BCUT2D eigenvalue weighted by molar-refractivity contribution is 9.10. The molecule has 0 aliphatic carbocycles. The van der Waals surface area contributed by atoms with Gasteiger partial charge in [0.05, 0.1) is 34.9 Å². The van der Waals surface area contributed by atoms with Crippen molar-refractivity contribution in [1.29, 1.82) is 15.8 Å². The Bertz CT molecular complexity index is 3010. The van der Waals surface area contributed by atoms with Crippen LogP contribution in [0.15, 0.2) is 179 Å². The summed E-state index contributed by atoms with van der Waals surface area (Å²) in [5, 5.41) is 44.0. The molecule has 8 heteroatoms. The SMILES string of the molecule is Brc1ccc(C#CCCCCCC#Cc2ccc(Br)cc2)cc1.N#Cc1cccc(-c2ccc(C#CCCCCCC#Cc3ccc(-c4cccc(C#N)c4)cc3)cc2)c1.N#Cc1cccc(B(O)O)c1. The van der Waals surface area contributed by atoms with Gasteiger partial charge >= 0.3 is 7.12 Å². The van der Waals surface area contributed by atoms with Crippen molar-refractivity contribution < 1.29 is 10.0 Å². The number of hydrogen-bond donors (Lipinski definition) is 2. The van der Waals surface area contributed by atoms with Crippen molar-refractivity contribution in [3.05, 3.63) is 218 Å². The molecule has 0 unspecified atom stereocenters. The number of nitrogens with zero attached hydrogens (tertiary/aromatic N) is 3. The third-order valence-electron chi connectivity index (χ3n) is 10.6. The van der Waals surface area contributed by atoms with Gasteiger partial charge in [-0.1, -0.05) is 153 Å². The van der Waals surface area contributed by atoms with Gasteiger partial charge in [-0.05, 0) is 163 Å². The third kappa shape index (κ3) is 20.8. The van der Waals surface area contributed by atoms with Crippen LogP contribution in [-0.2, 0) is 0 Å². The average molecular weight is 1050 g/mol. The summed E-state index contributed by atoms with van der Waals surface area (Å²) in [6.45, 7) is 0. The summed E-state index contributed by atoms with van der Waals surface area (Å²) >= 11 is 6.85. The summed E-state index contributed by atoms with van der Waals surface area (Å²) in [5.74, 6) is 25.9. The van der Waals surface area contributed by atoms with E-state index in [1.54, 1.807) is 18.2 Å². The molecule has 0 bridgehead atoms. The van der Waals surface area contributed by atoms with Crippen LogP contribution in [0.4, 0.5) is 0 Å². The lowest BCUT2D eigenvalue weighted by atomic mass is 9.80. The van der Waals surface area contributed by atoms with Crippen LogP contribution >= 0.6 is 31.9 Å². The maximum Gasteiger partial charge on any atom is 0.488 e. The standard InChI is InChI=1S/C35H26N2.C21H18Br2.C7H6BNO2/c36-26-30-12-8-14-34(24-30)32-20-16-28(17-21-32)10-6-4-2-1-3-5-7-11-29-18-22-33(23-19-29)35-15-9-13-31(25-35)27-37;22-20-14-10-18(11-15-20)8-6-4-2-1-3-5-7-9-19-12-16-21(23)17-13-19;9-5-6-2-1-3-7(4-6)8(10)11/h8-9,12-25H,1-5H2;10-17H,1-5H2;1-4,10-11H. The molecule has 0 aliphatic rings. The minimum absolute atomic E-state index is 0.337. The molecule has 5 nitrogen and oxygen atoms in total. The van der Waals surface area contributed by atoms with Gasteiger partial charge in [0, 0.05) is 56.9 Å². The van der Waals surface area contributed by atoms with E-state index in [1.165, 1.54) is 12.5 Å². The highest BCUT2D eigenvalue weighted by Gasteiger charge is 2.10. The van der Waals surface area contributed by atoms with Crippen LogP contribution in [0.25, 0.3) is 22.3 Å². The average Bonchev–Trinajstić information content (AvgIpc) is 3.41. The first kappa shape index (κ1) is 54.1. The van der Waals surface area contributed by atoms with E-state index in [0.29, 0.717) is 22.2 Å². The fourth-order valence-electron chi connectivity index (χ4n) is 6.73. The lowest BCUT2D eigenvalue weighted by Gasteiger charge is -2.02. The summed E-state index contributed by atoms with van der Waals surface area (Å²) in [6, 6.07) is 60.3. The topological polar surface area (TPSA) is 112 Å². The second kappa shape index (κ2) is 31.3. The summed E-state index contributed by atoms with van der Waals surface area (Å²) in [4.78, 5) is 0. The molecule has 0 aromatic heterocycles. The molecule has 0 spiro atoms. The van der Waals surface area contributed by atoms with Crippen molar-refractivity contribution in [2.75, 3.05) is 0 Å². The number of unbranched alkanes of at least 4 members (excludes halogenated alkanes) is 8. The van der Waals surface area contributed by atoms with Gasteiger partial charge in [0.2, 0.25) is 0 Å². The van der Waals surface area contributed by atoms with Crippen LogP contribution in [0.3, 0.4) is 0 Å². The van der Waals surface area contributed by atoms with E-state index in [0.717, 1.165) is 111 Å². The fourth-order valence-corrected chi connectivity index (χ4v) is 7.26. The first-order chi connectivity index (χ1) is 34.7. The molecule has 0 saturated heterocycles. The lowest BCUT2D eigenvalue weighted by molar-refractivity contribution is 0.426. The molecular formula is C63H50BBr2N3O2. The van der Waals surface area contributed by atoms with Crippen molar-refractivity contribution >= 4 is 44.4 Å². The maximum absolute atomic E-state index is 9.07. The number of benzene rings is 7. The molecule has 2 N–H and O–H groups in total. The highest BCUT2D eigenvalue weighted by Crippen LogP contribution is 2.22. The van der Waals surface area contributed by atoms with Crippen LogP contribution in [0.2, 0.25) is 0 Å². The van der Waals surface area contributed by atoms with E-state index < -0.39 is 7.12 Å². The molecule has 0 saturated carbocycles. The van der Waals surface area contributed by atoms with Gasteiger partial charge in [-0.15, -0.1) is 0 Å². The predicted molar refractivity (Wildman–Crippen MR) is 296 cm³/mol. The largest absolute Gasteiger partial charge is 0.488 e. The maximum atomic E-state index is 9.07. The second-order valence-electron chi connectivity index (χ2n) is 16.0. The van der Waals surface area contributed by atoms with Crippen LogP contribution in [0.1, 0.15) is 103 Å². The quantitative estimate of drug-likeness (QED) is 0.0761. The van der Waals surface area contributed by atoms with Crippen molar-refractivity contribution in [3.8, 4) is 87.8 Å². The Morgan fingerprint density at radius 1 is 0.338 bits per heavy atom. The molecule has 0 aliphatic heterocycles. The number of rotatable bonds is 11. The minimum Gasteiger partial charge on any atom is -0.423 e. The Balaban J connectivity index is 0.000000232. The number of halogens is 2. The van der Waals surface area contributed by atoms with Crippen LogP contribution < -0.4 is 5.46 Å². The predicted octanol–water partition coefficient (Wildman–Crippen LogP) is 13.9. The molecule has 0 heterocycles. The van der Waals surface area contributed by atoms with Crippen molar-refractivity contribution in [3.63, 3.8) is 0 Å². The van der Waals surface area contributed by atoms with Gasteiger partial charge in [0.1, 0.15) is 0 Å². The first-order valence-electron chi connectivity index (χ1n) is 23.3. The van der Waals surface area contributed by atoms with Crippen molar-refractivity contribution in [2.45, 2.75) is 64.2 Å². The molecular weight excluding hydrogens is 1000 g/mol. The Hall–Kier alpha value is -7.81. The second-order valence-corrected chi connectivity index (χ2v) is 17.8. The third-order valence-corrected chi connectivity index (χ3v) is 11.6. The Morgan fingerprint density at radius 2 is 0.648 bits per heavy atom. The van der Waals surface area contributed by atoms with Crippen LogP contribution in [-0.4, -0.2) is 17.2 Å². The van der Waals surface area contributed by atoms with Gasteiger partial charge in [-0.25, -0.2) is 0 Å². The van der Waals surface area contributed by atoms with Gasteiger partial charge < -0.3 is 10.0 Å². The molecule has 0 radical (unpaired) electrons. The zero-order valence-corrected chi connectivity index (χ0v) is 42.5. The smallest absolute Gasteiger partial charge is 0.423 e. The summed E-state index contributed by atoms with van der Waals surface area (Å²) in [7, 11) is -1.50. The van der Waals surface area contributed by atoms with E-state index in [2.05, 4.69) is 116 Å². The van der Waals surface area contributed by atoms with E-state index in [-0.39, 0.29) is 0 Å². The van der Waals surface area contributed by atoms with Crippen molar-refractivity contribution in [2.24, 2.45) is 0 Å². The van der Waals surface area contributed by atoms with E-state index in [4.69, 9.17) is 25.8 Å². The zero-order chi connectivity index (χ0) is 50.3. The molecule has 7 rings (SSSR count). The Kier molecular flexibility index (Phi) is 23.9. The van der Waals surface area contributed by atoms with Gasteiger partial charge in [-0.2, -0.15) is 15.8 Å². The van der Waals surface area contributed by atoms with Gasteiger partial charge in [0.25, 0.3) is 0 Å². The molecule has 0 atom stereocenters. The molecule has 7 aromatic rings. The number of nitriles is 3. The lowest BCUT2D eigenvalue weighted by Crippen LogP contribution is -2.29. The highest BCUT2D eigenvalue weighted by atomic mass is 79.9. The Morgan fingerprint density at radius 3 is 0.972 bits per heavy atom. The molecule has 71 heavy (non-hydrogen) atoms. The molecule has 0 amide bonds. The Labute approximate surface area is 437 Å². The first-order valence-corrected chi connectivity index (χ1v) is 24.9. The summed E-state index contributed by atoms with van der Waals surface area (Å²) in [5.41, 5.74) is 10.5. The normalized spacial score (nSPS) is 9.48. The van der Waals surface area contributed by atoms with Gasteiger partial charge in [0.15, 0.2) is 0 Å². The fraction of sp³-hybridized carbons (Fsp3) is 0.159. The van der Waals surface area contributed by atoms with Crippen LogP contribution in [0.5, 0.6) is 0 Å². The molecule has 0 fully saturated rings. The summed E-state index contributed by atoms with van der Waals surface area (Å²) in [6.07, 6.45) is 10.4. The van der Waals surface area contributed by atoms with E-state index in [1.807, 2.05) is 127 Å². The molecule has 346 valence electrons.